The first kappa shape index (κ1) is 18.9. The van der Waals surface area contributed by atoms with Crippen LogP contribution in [0.25, 0.3) is 5.69 Å². The first-order valence-electron chi connectivity index (χ1n) is 9.21. The van der Waals surface area contributed by atoms with Gasteiger partial charge in [-0.05, 0) is 54.6 Å². The highest BCUT2D eigenvalue weighted by Gasteiger charge is 2.17. The van der Waals surface area contributed by atoms with Crippen LogP contribution in [-0.2, 0) is 13.5 Å². The van der Waals surface area contributed by atoms with Crippen LogP contribution >= 0.6 is 11.8 Å². The predicted octanol–water partition coefficient (Wildman–Crippen LogP) is 3.97. The van der Waals surface area contributed by atoms with Crippen molar-refractivity contribution in [3.63, 3.8) is 0 Å². The van der Waals surface area contributed by atoms with Gasteiger partial charge in [-0.15, -0.1) is 10.2 Å². The summed E-state index contributed by atoms with van der Waals surface area (Å²) in [7, 11) is 1.90. The lowest BCUT2D eigenvalue weighted by molar-refractivity contribution is 0.102. The first-order valence-corrected chi connectivity index (χ1v) is 10.0. The van der Waals surface area contributed by atoms with Gasteiger partial charge in [0.25, 0.3) is 5.91 Å². The molecule has 0 radical (unpaired) electrons. The molecule has 0 bridgehead atoms. The topological polar surface area (TPSA) is 77.6 Å². The van der Waals surface area contributed by atoms with Gasteiger partial charge in [0.1, 0.15) is 6.33 Å². The van der Waals surface area contributed by atoms with E-state index in [1.54, 1.807) is 12.5 Å². The lowest BCUT2D eigenvalue weighted by Crippen LogP contribution is -2.14. The van der Waals surface area contributed by atoms with Gasteiger partial charge in [-0.2, -0.15) is 5.10 Å². The van der Waals surface area contributed by atoms with Crippen LogP contribution in [0.3, 0.4) is 0 Å². The van der Waals surface area contributed by atoms with E-state index in [0.717, 1.165) is 27.1 Å². The van der Waals surface area contributed by atoms with Crippen molar-refractivity contribution in [1.29, 1.82) is 0 Å². The second-order valence-corrected chi connectivity index (χ2v) is 7.45. The Morgan fingerprint density at radius 1 is 1.10 bits per heavy atom. The highest BCUT2D eigenvalue weighted by molar-refractivity contribution is 7.99. The molecule has 29 heavy (non-hydrogen) atoms. The molecular formula is C21H20N6OS. The Balaban J connectivity index is 1.50. The number of carbonyl (C=O) groups excluding carboxylic acids is 1. The van der Waals surface area contributed by atoms with E-state index in [1.165, 1.54) is 11.8 Å². The van der Waals surface area contributed by atoms with Crippen molar-refractivity contribution < 1.29 is 4.79 Å². The maximum Gasteiger partial charge on any atom is 0.259 e. The number of hydrogen-bond donors (Lipinski definition) is 1. The van der Waals surface area contributed by atoms with Crippen LogP contribution in [-0.4, -0.2) is 30.5 Å². The van der Waals surface area contributed by atoms with Gasteiger partial charge in [-0.1, -0.05) is 25.1 Å². The van der Waals surface area contributed by atoms with Gasteiger partial charge >= 0.3 is 0 Å². The lowest BCUT2D eigenvalue weighted by atomic mass is 10.2. The summed E-state index contributed by atoms with van der Waals surface area (Å²) in [4.78, 5) is 13.9. The molecule has 0 unspecified atom stereocenters. The van der Waals surface area contributed by atoms with Gasteiger partial charge in [0.15, 0.2) is 5.16 Å². The van der Waals surface area contributed by atoms with E-state index in [1.807, 2.05) is 77.8 Å². The van der Waals surface area contributed by atoms with E-state index >= 15 is 0 Å². The zero-order chi connectivity index (χ0) is 20.2. The molecule has 8 heteroatoms. The van der Waals surface area contributed by atoms with E-state index < -0.39 is 0 Å². The van der Waals surface area contributed by atoms with E-state index in [-0.39, 0.29) is 5.91 Å². The Hall–Kier alpha value is -3.39. The number of aromatic nitrogens is 5. The van der Waals surface area contributed by atoms with Crippen LogP contribution < -0.4 is 5.32 Å². The second-order valence-electron chi connectivity index (χ2n) is 6.41. The zero-order valence-corrected chi connectivity index (χ0v) is 16.9. The number of amides is 1. The minimum atomic E-state index is -0.169. The third-order valence-electron chi connectivity index (χ3n) is 4.44. The van der Waals surface area contributed by atoms with Crippen molar-refractivity contribution in [2.24, 2.45) is 7.05 Å². The summed E-state index contributed by atoms with van der Waals surface area (Å²) in [6.45, 7) is 2.02. The molecule has 4 rings (SSSR count). The minimum Gasteiger partial charge on any atom is -0.322 e. The molecule has 2 heterocycles. The van der Waals surface area contributed by atoms with Crippen molar-refractivity contribution >= 4 is 23.4 Å². The number of hydrogen-bond acceptors (Lipinski definition) is 5. The van der Waals surface area contributed by atoms with Gasteiger partial charge in [0.05, 0.1) is 23.1 Å². The van der Waals surface area contributed by atoms with Crippen LogP contribution in [0.4, 0.5) is 5.69 Å². The summed E-state index contributed by atoms with van der Waals surface area (Å²) in [5, 5.41) is 16.1. The van der Waals surface area contributed by atoms with E-state index in [4.69, 9.17) is 0 Å². The van der Waals surface area contributed by atoms with Gasteiger partial charge in [-0.3, -0.25) is 4.79 Å². The number of rotatable bonds is 6. The molecule has 2 aromatic carbocycles. The lowest BCUT2D eigenvalue weighted by Gasteiger charge is -2.09. The van der Waals surface area contributed by atoms with Gasteiger partial charge < -0.3 is 9.88 Å². The van der Waals surface area contributed by atoms with Gasteiger partial charge in [-0.25, -0.2) is 4.68 Å². The molecule has 2 aromatic heterocycles. The molecule has 0 aliphatic carbocycles. The van der Waals surface area contributed by atoms with Gasteiger partial charge in [0, 0.05) is 17.6 Å². The third-order valence-corrected chi connectivity index (χ3v) is 5.50. The quantitative estimate of drug-likeness (QED) is 0.526. The summed E-state index contributed by atoms with van der Waals surface area (Å²) in [5.41, 5.74) is 3.12. The number of nitrogens with one attached hydrogen (secondary N) is 1. The normalized spacial score (nSPS) is 10.8. The highest BCUT2D eigenvalue weighted by Crippen LogP contribution is 2.26. The zero-order valence-electron chi connectivity index (χ0n) is 16.1. The summed E-state index contributed by atoms with van der Waals surface area (Å²) in [6, 6.07) is 17.5. The average molecular weight is 404 g/mol. The Morgan fingerprint density at radius 3 is 2.52 bits per heavy atom. The van der Waals surface area contributed by atoms with Gasteiger partial charge in [0.2, 0.25) is 0 Å². The maximum atomic E-state index is 12.8. The first-order chi connectivity index (χ1) is 14.2. The molecule has 4 aromatic rings. The van der Waals surface area contributed by atoms with E-state index in [0.29, 0.717) is 12.0 Å². The monoisotopic (exact) mass is 404 g/mol. The molecule has 7 nitrogen and oxygen atoms in total. The van der Waals surface area contributed by atoms with Crippen molar-refractivity contribution in [2.45, 2.75) is 23.4 Å². The number of para-hydroxylation sites is 1. The van der Waals surface area contributed by atoms with Crippen LogP contribution in [0.2, 0.25) is 0 Å². The SMILES string of the molecule is CCc1c(C(=O)Nc2ccc(Sc3nncn3C)cc2)cnn1-c1ccccc1. The Labute approximate surface area is 172 Å². The number of nitrogens with zero attached hydrogens (tertiary/aromatic N) is 5. The third kappa shape index (κ3) is 4.07. The van der Waals surface area contributed by atoms with Crippen molar-refractivity contribution in [1.82, 2.24) is 24.5 Å². The highest BCUT2D eigenvalue weighted by atomic mass is 32.2. The Kier molecular flexibility index (Phi) is 5.44. The molecule has 0 saturated heterocycles. The fraction of sp³-hybridized carbons (Fsp3) is 0.143. The van der Waals surface area contributed by atoms with Crippen LogP contribution in [0.1, 0.15) is 23.0 Å². The molecule has 0 fully saturated rings. The number of aryl methyl sites for hydroxylation is 1. The summed E-state index contributed by atoms with van der Waals surface area (Å²) >= 11 is 1.52. The molecular weight excluding hydrogens is 384 g/mol. The molecule has 0 atom stereocenters. The summed E-state index contributed by atoms with van der Waals surface area (Å²) < 4.78 is 3.67. The molecule has 1 amide bonds. The fourth-order valence-corrected chi connectivity index (χ4v) is 3.73. The molecule has 146 valence electrons. The van der Waals surface area contributed by atoms with Crippen molar-refractivity contribution in [3.8, 4) is 5.69 Å². The Morgan fingerprint density at radius 2 is 1.86 bits per heavy atom. The molecule has 1 N–H and O–H groups in total. The largest absolute Gasteiger partial charge is 0.322 e. The minimum absolute atomic E-state index is 0.169. The summed E-state index contributed by atoms with van der Waals surface area (Å²) in [6.07, 6.45) is 3.99. The number of carbonyl (C=O) groups is 1. The molecule has 0 saturated carbocycles. The second kappa shape index (κ2) is 8.32. The number of benzene rings is 2. The molecule has 0 aliphatic rings. The number of anilines is 1. The van der Waals surface area contributed by atoms with Crippen molar-refractivity contribution in [2.75, 3.05) is 5.32 Å². The van der Waals surface area contributed by atoms with Crippen LogP contribution in [0.5, 0.6) is 0 Å². The van der Waals surface area contributed by atoms with Crippen LogP contribution in [0.15, 0.2) is 77.2 Å². The van der Waals surface area contributed by atoms with Crippen molar-refractivity contribution in [3.05, 3.63) is 78.4 Å². The average Bonchev–Trinajstić information content (AvgIpc) is 3.36. The fourth-order valence-electron chi connectivity index (χ4n) is 2.97. The maximum absolute atomic E-state index is 12.8. The standard InChI is InChI=1S/C21H20N6OS/c1-3-19-18(13-23-27(19)16-7-5-4-6-8-16)20(28)24-15-9-11-17(12-10-15)29-21-25-22-14-26(21)2/h4-14H,3H2,1-2H3,(H,24,28). The summed E-state index contributed by atoms with van der Waals surface area (Å²) in [5.74, 6) is -0.169. The van der Waals surface area contributed by atoms with E-state index in [9.17, 15) is 4.79 Å². The van der Waals surface area contributed by atoms with E-state index in [2.05, 4.69) is 20.6 Å². The molecule has 0 spiro atoms. The Bertz CT molecular complexity index is 1120. The molecule has 0 aliphatic heterocycles. The van der Waals surface area contributed by atoms with Crippen LogP contribution in [0, 0.1) is 0 Å². The predicted molar refractivity (Wildman–Crippen MR) is 112 cm³/mol. The smallest absolute Gasteiger partial charge is 0.259 e.